The summed E-state index contributed by atoms with van der Waals surface area (Å²) in [6.45, 7) is 4.58. The maximum absolute atomic E-state index is 13.2. The van der Waals surface area contributed by atoms with Crippen LogP contribution in [0.5, 0.6) is 5.88 Å². The Morgan fingerprint density at radius 1 is 1.03 bits per heavy atom. The summed E-state index contributed by atoms with van der Waals surface area (Å²) in [6, 6.07) is 15.4. The van der Waals surface area contributed by atoms with Gasteiger partial charge >= 0.3 is 0 Å². The van der Waals surface area contributed by atoms with Crippen LogP contribution in [0.25, 0.3) is 11.3 Å². The second kappa shape index (κ2) is 8.70. The molecule has 1 atom stereocenters. The zero-order chi connectivity index (χ0) is 25.7. The van der Waals surface area contributed by atoms with Gasteiger partial charge < -0.3 is 9.64 Å². The SMILES string of the molecule is Cc1cccc(C)c1-c1cc2nc(n1)NS(=O)(=O)c1cnn(c1)CC(=O)N1Cc3ccccc3C(C1)O2. The Bertz CT molecular complexity index is 1630. The van der Waals surface area contributed by atoms with Crippen LogP contribution in [-0.4, -0.2) is 45.5 Å². The fourth-order valence-electron chi connectivity index (χ4n) is 4.86. The topological polar surface area (TPSA) is 119 Å². The van der Waals surface area contributed by atoms with Gasteiger partial charge in [0.05, 0.1) is 18.4 Å². The summed E-state index contributed by atoms with van der Waals surface area (Å²) in [7, 11) is -4.07. The van der Waals surface area contributed by atoms with Gasteiger partial charge in [-0.3, -0.25) is 9.48 Å². The van der Waals surface area contributed by atoms with Gasteiger partial charge in [-0.1, -0.05) is 42.5 Å². The number of ether oxygens (including phenoxy) is 1. The van der Waals surface area contributed by atoms with E-state index >= 15 is 0 Å². The average Bonchev–Trinajstić information content (AvgIpc) is 3.32. The third-order valence-corrected chi connectivity index (χ3v) is 7.93. The summed E-state index contributed by atoms with van der Waals surface area (Å²) in [4.78, 5) is 23.7. The van der Waals surface area contributed by atoms with Crippen LogP contribution in [0, 0.1) is 13.8 Å². The van der Waals surface area contributed by atoms with Gasteiger partial charge in [-0.15, -0.1) is 0 Å². The molecule has 37 heavy (non-hydrogen) atoms. The van der Waals surface area contributed by atoms with Crippen LogP contribution in [0.15, 0.2) is 65.8 Å². The third kappa shape index (κ3) is 4.31. The van der Waals surface area contributed by atoms with Gasteiger partial charge in [-0.05, 0) is 36.1 Å². The van der Waals surface area contributed by atoms with Gasteiger partial charge in [0.25, 0.3) is 10.0 Å². The number of carbonyl (C=O) groups excluding carboxylic acids is 1. The molecule has 4 heterocycles. The molecule has 1 unspecified atom stereocenters. The minimum Gasteiger partial charge on any atom is -0.467 e. The van der Waals surface area contributed by atoms with Crippen molar-refractivity contribution in [3.63, 3.8) is 0 Å². The standard InChI is InChI=1S/C26H24N6O4S/c1-16-6-5-7-17(2)25(16)21-10-23-29-26(28-21)30-37(34,35)19-11-27-32(13-19)15-24(33)31-12-18-8-3-4-9-20(18)22(14-31)36-23/h3-11,13,22H,12,14-15H2,1-2H3,(H,28,29,30). The summed E-state index contributed by atoms with van der Waals surface area (Å²) < 4.78 is 36.5. The number of nitrogens with one attached hydrogen (secondary N) is 1. The molecular formula is C26H24N6O4S. The van der Waals surface area contributed by atoms with Gasteiger partial charge in [0, 0.05) is 24.4 Å². The van der Waals surface area contributed by atoms with Crippen LogP contribution >= 0.6 is 0 Å². The van der Waals surface area contributed by atoms with Gasteiger partial charge in [0.2, 0.25) is 17.7 Å². The van der Waals surface area contributed by atoms with Crippen molar-refractivity contribution >= 4 is 21.9 Å². The van der Waals surface area contributed by atoms with E-state index in [-0.39, 0.29) is 29.2 Å². The predicted molar refractivity (Wildman–Crippen MR) is 135 cm³/mol. The number of aryl methyl sites for hydroxylation is 2. The smallest absolute Gasteiger partial charge is 0.267 e. The zero-order valence-corrected chi connectivity index (χ0v) is 21.1. The highest BCUT2D eigenvalue weighted by Crippen LogP contribution is 2.34. The lowest BCUT2D eigenvalue weighted by molar-refractivity contribution is -0.134. The number of nitrogens with zero attached hydrogens (tertiary/aromatic N) is 5. The van der Waals surface area contributed by atoms with Crippen LogP contribution in [0.3, 0.4) is 0 Å². The van der Waals surface area contributed by atoms with Crippen molar-refractivity contribution in [1.82, 2.24) is 24.6 Å². The molecule has 4 aromatic rings. The highest BCUT2D eigenvalue weighted by atomic mass is 32.2. The Morgan fingerprint density at radius 3 is 2.62 bits per heavy atom. The second-order valence-corrected chi connectivity index (χ2v) is 10.9. The Morgan fingerprint density at radius 2 is 1.81 bits per heavy atom. The minimum atomic E-state index is -4.07. The molecule has 2 aliphatic heterocycles. The van der Waals surface area contributed by atoms with Gasteiger partial charge in [0.15, 0.2) is 0 Å². The molecule has 0 saturated carbocycles. The second-order valence-electron chi connectivity index (χ2n) is 9.24. The first-order valence-electron chi connectivity index (χ1n) is 11.8. The molecule has 0 radical (unpaired) electrons. The third-order valence-electron chi connectivity index (χ3n) is 6.65. The van der Waals surface area contributed by atoms with E-state index in [1.807, 2.05) is 56.3 Å². The van der Waals surface area contributed by atoms with Gasteiger partial charge in [-0.2, -0.15) is 10.1 Å². The molecule has 2 aromatic heterocycles. The van der Waals surface area contributed by atoms with Crippen molar-refractivity contribution in [2.45, 2.75) is 37.9 Å². The monoisotopic (exact) mass is 516 g/mol. The zero-order valence-electron chi connectivity index (χ0n) is 20.2. The highest BCUT2D eigenvalue weighted by Gasteiger charge is 2.31. The molecule has 0 fully saturated rings. The van der Waals surface area contributed by atoms with Crippen LogP contribution < -0.4 is 9.46 Å². The van der Waals surface area contributed by atoms with E-state index in [1.165, 1.54) is 17.1 Å². The minimum absolute atomic E-state index is 0.0943. The van der Waals surface area contributed by atoms with Crippen LogP contribution in [0.1, 0.15) is 28.4 Å². The summed E-state index contributed by atoms with van der Waals surface area (Å²) in [5.41, 5.74) is 5.28. The van der Waals surface area contributed by atoms with E-state index in [0.717, 1.165) is 27.8 Å². The number of carbonyl (C=O) groups is 1. The molecule has 0 aliphatic carbocycles. The van der Waals surface area contributed by atoms with E-state index in [1.54, 1.807) is 11.0 Å². The first kappa shape index (κ1) is 23.2. The number of rotatable bonds is 1. The lowest BCUT2D eigenvalue weighted by Crippen LogP contribution is -2.41. The Hall–Kier alpha value is -4.25. The van der Waals surface area contributed by atoms with Crippen molar-refractivity contribution in [1.29, 1.82) is 0 Å². The highest BCUT2D eigenvalue weighted by molar-refractivity contribution is 7.92. The summed E-state index contributed by atoms with van der Waals surface area (Å²) >= 11 is 0. The number of hydrogen-bond acceptors (Lipinski definition) is 7. The largest absolute Gasteiger partial charge is 0.467 e. The van der Waals surface area contributed by atoms with Crippen molar-refractivity contribution < 1.29 is 17.9 Å². The van der Waals surface area contributed by atoms with Crippen LogP contribution in [0.4, 0.5) is 5.95 Å². The maximum atomic E-state index is 13.2. The summed E-state index contributed by atoms with van der Waals surface area (Å²) in [5.74, 6) is -0.107. The molecular weight excluding hydrogens is 492 g/mol. The Kier molecular flexibility index (Phi) is 5.45. The molecule has 6 bridgehead atoms. The number of benzene rings is 2. The number of amides is 1. The molecule has 11 heteroatoms. The fourth-order valence-corrected chi connectivity index (χ4v) is 5.76. The predicted octanol–water partition coefficient (Wildman–Crippen LogP) is 3.23. The van der Waals surface area contributed by atoms with E-state index < -0.39 is 16.1 Å². The summed E-state index contributed by atoms with van der Waals surface area (Å²) in [5, 5.41) is 4.10. The van der Waals surface area contributed by atoms with E-state index in [0.29, 0.717) is 18.8 Å². The average molecular weight is 517 g/mol. The summed E-state index contributed by atoms with van der Waals surface area (Å²) in [6.07, 6.45) is 2.03. The normalized spacial score (nSPS) is 18.3. The Labute approximate surface area is 214 Å². The van der Waals surface area contributed by atoms with Gasteiger partial charge in [0.1, 0.15) is 17.5 Å². The molecule has 188 valence electrons. The molecule has 1 N–H and O–H groups in total. The maximum Gasteiger partial charge on any atom is 0.267 e. The van der Waals surface area contributed by atoms with E-state index in [4.69, 9.17) is 4.74 Å². The van der Waals surface area contributed by atoms with Crippen LogP contribution in [0.2, 0.25) is 0 Å². The molecule has 1 amide bonds. The molecule has 6 rings (SSSR count). The van der Waals surface area contributed by atoms with E-state index in [9.17, 15) is 13.2 Å². The van der Waals surface area contributed by atoms with Crippen molar-refractivity contribution in [3.05, 3.63) is 83.2 Å². The number of aromatic nitrogens is 4. The Balaban J connectivity index is 1.54. The van der Waals surface area contributed by atoms with Gasteiger partial charge in [-0.25, -0.2) is 18.1 Å². The van der Waals surface area contributed by atoms with Crippen molar-refractivity contribution in [2.24, 2.45) is 0 Å². The first-order chi connectivity index (χ1) is 17.8. The van der Waals surface area contributed by atoms with Crippen LogP contribution in [-0.2, 0) is 27.9 Å². The fraction of sp³-hybridized carbons (Fsp3) is 0.231. The molecule has 0 spiro atoms. The van der Waals surface area contributed by atoms with Crippen molar-refractivity contribution in [3.8, 4) is 17.1 Å². The molecule has 2 aromatic carbocycles. The van der Waals surface area contributed by atoms with E-state index in [2.05, 4.69) is 19.8 Å². The quantitative estimate of drug-likeness (QED) is 0.413. The molecule has 0 saturated heterocycles. The first-order valence-corrected chi connectivity index (χ1v) is 13.3. The number of hydrogen-bond donors (Lipinski definition) is 1. The lowest BCUT2D eigenvalue weighted by atomic mass is 9.97. The number of sulfonamides is 1. The van der Waals surface area contributed by atoms with Crippen molar-refractivity contribution in [2.75, 3.05) is 11.3 Å². The lowest BCUT2D eigenvalue weighted by Gasteiger charge is -2.34. The molecule has 10 nitrogen and oxygen atoms in total. The number of fused-ring (bicyclic) bond motifs is 8. The molecule has 2 aliphatic rings. The number of anilines is 1.